The van der Waals surface area contributed by atoms with Gasteiger partial charge >= 0.3 is 5.97 Å². The van der Waals surface area contributed by atoms with Crippen LogP contribution in [-0.2, 0) is 9.47 Å². The first kappa shape index (κ1) is 17.2. The number of aromatic nitrogens is 1. The molecule has 4 heterocycles. The SMILES string of the molecule is CN1[C@@H]2CC[C@H]1C[C@H](OC(=O)c1cn([C@@H]3CCOC3)c3ccc(F)cc13)C2. The highest BCUT2D eigenvalue weighted by molar-refractivity contribution is 6.04. The number of benzene rings is 1. The van der Waals surface area contributed by atoms with Gasteiger partial charge in [-0.25, -0.2) is 9.18 Å². The Bertz CT molecular complexity index is 860. The van der Waals surface area contributed by atoms with Crippen molar-refractivity contribution in [3.63, 3.8) is 0 Å². The van der Waals surface area contributed by atoms with Gasteiger partial charge in [-0.3, -0.25) is 0 Å². The van der Waals surface area contributed by atoms with Crippen LogP contribution in [0.4, 0.5) is 4.39 Å². The first-order valence-electron chi connectivity index (χ1n) is 9.91. The quantitative estimate of drug-likeness (QED) is 0.774. The molecule has 3 saturated heterocycles. The Kier molecular flexibility index (Phi) is 4.20. The number of carbonyl (C=O) groups excluding carboxylic acids is 1. The summed E-state index contributed by atoms with van der Waals surface area (Å²) in [5.41, 5.74) is 1.32. The van der Waals surface area contributed by atoms with Gasteiger partial charge in [-0.15, -0.1) is 0 Å². The van der Waals surface area contributed by atoms with E-state index in [0.29, 0.717) is 36.2 Å². The van der Waals surface area contributed by atoms with Crippen LogP contribution in [0.3, 0.4) is 0 Å². The number of rotatable bonds is 3. The van der Waals surface area contributed by atoms with Crippen LogP contribution < -0.4 is 0 Å². The predicted octanol–water partition coefficient (Wildman–Crippen LogP) is 3.52. The van der Waals surface area contributed by atoms with Gasteiger partial charge in [-0.1, -0.05) is 0 Å². The van der Waals surface area contributed by atoms with E-state index in [9.17, 15) is 9.18 Å². The Labute approximate surface area is 158 Å². The number of hydrogen-bond acceptors (Lipinski definition) is 4. The van der Waals surface area contributed by atoms with E-state index in [2.05, 4.69) is 16.5 Å². The molecule has 3 aliphatic heterocycles. The molecule has 144 valence electrons. The molecule has 1 aromatic carbocycles. The second-order valence-electron chi connectivity index (χ2n) is 8.18. The third-order valence-electron chi connectivity index (χ3n) is 6.64. The van der Waals surface area contributed by atoms with Gasteiger partial charge in [0.15, 0.2) is 0 Å². The topological polar surface area (TPSA) is 43.7 Å². The second kappa shape index (κ2) is 6.60. The minimum absolute atomic E-state index is 0.0482. The molecule has 0 amide bonds. The number of nitrogens with zero attached hydrogens (tertiary/aromatic N) is 2. The largest absolute Gasteiger partial charge is 0.459 e. The molecular formula is C21H25FN2O3. The van der Waals surface area contributed by atoms with Crippen molar-refractivity contribution in [3.8, 4) is 0 Å². The van der Waals surface area contributed by atoms with E-state index in [1.54, 1.807) is 6.07 Å². The van der Waals surface area contributed by atoms with Gasteiger partial charge in [0.1, 0.15) is 11.9 Å². The van der Waals surface area contributed by atoms with Crippen molar-refractivity contribution in [1.82, 2.24) is 9.47 Å². The molecule has 0 radical (unpaired) electrons. The summed E-state index contributed by atoms with van der Waals surface area (Å²) in [6.07, 6.45) is 6.82. The fourth-order valence-corrected chi connectivity index (χ4v) is 5.11. The molecule has 0 spiro atoms. The van der Waals surface area contributed by atoms with Gasteiger partial charge in [0.25, 0.3) is 0 Å². The van der Waals surface area contributed by atoms with Crippen molar-refractivity contribution in [2.24, 2.45) is 0 Å². The molecule has 5 rings (SSSR count). The van der Waals surface area contributed by atoms with Gasteiger partial charge in [0.05, 0.1) is 18.2 Å². The molecular weight excluding hydrogens is 347 g/mol. The maximum Gasteiger partial charge on any atom is 0.340 e. The summed E-state index contributed by atoms with van der Waals surface area (Å²) in [6.45, 7) is 1.33. The zero-order chi connectivity index (χ0) is 18.5. The van der Waals surface area contributed by atoms with Gasteiger partial charge in [0, 0.05) is 48.6 Å². The Morgan fingerprint density at radius 1 is 1.19 bits per heavy atom. The number of ether oxygens (including phenoxy) is 2. The third-order valence-corrected chi connectivity index (χ3v) is 6.64. The first-order chi connectivity index (χ1) is 13.1. The summed E-state index contributed by atoms with van der Waals surface area (Å²) in [5, 5.41) is 0.628. The molecule has 2 aromatic rings. The fraction of sp³-hybridized carbons (Fsp3) is 0.571. The third kappa shape index (κ3) is 2.95. The van der Waals surface area contributed by atoms with Crippen LogP contribution in [0.1, 0.15) is 48.5 Å². The molecule has 0 saturated carbocycles. The number of halogens is 1. The molecule has 3 aliphatic rings. The van der Waals surface area contributed by atoms with Crippen molar-refractivity contribution in [2.45, 2.75) is 56.3 Å². The van der Waals surface area contributed by atoms with Crippen molar-refractivity contribution >= 4 is 16.9 Å². The van der Waals surface area contributed by atoms with Crippen molar-refractivity contribution in [1.29, 1.82) is 0 Å². The molecule has 0 aliphatic carbocycles. The Hall–Kier alpha value is -1.92. The summed E-state index contributed by atoms with van der Waals surface area (Å²) in [5.74, 6) is -0.675. The number of piperidine rings is 1. The number of hydrogen-bond donors (Lipinski definition) is 0. The summed E-state index contributed by atoms with van der Waals surface area (Å²) in [4.78, 5) is 15.4. The highest BCUT2D eigenvalue weighted by Crippen LogP contribution is 2.36. The lowest BCUT2D eigenvalue weighted by atomic mass is 10.0. The lowest BCUT2D eigenvalue weighted by Crippen LogP contribution is -2.43. The molecule has 0 N–H and O–H groups in total. The van der Waals surface area contributed by atoms with Gasteiger partial charge in [0.2, 0.25) is 0 Å². The minimum Gasteiger partial charge on any atom is -0.459 e. The summed E-state index contributed by atoms with van der Waals surface area (Å²) in [7, 11) is 2.17. The molecule has 5 nitrogen and oxygen atoms in total. The van der Waals surface area contributed by atoms with Gasteiger partial charge < -0.3 is 18.9 Å². The zero-order valence-electron chi connectivity index (χ0n) is 15.6. The van der Waals surface area contributed by atoms with E-state index >= 15 is 0 Å². The van der Waals surface area contributed by atoms with E-state index < -0.39 is 0 Å². The first-order valence-corrected chi connectivity index (χ1v) is 9.91. The van der Waals surface area contributed by atoms with Crippen molar-refractivity contribution < 1.29 is 18.7 Å². The molecule has 2 bridgehead atoms. The normalized spacial score (nSPS) is 30.9. The van der Waals surface area contributed by atoms with Crippen LogP contribution in [-0.4, -0.2) is 53.9 Å². The minimum atomic E-state index is -0.339. The van der Waals surface area contributed by atoms with Crippen molar-refractivity contribution in [2.75, 3.05) is 20.3 Å². The number of esters is 1. The Morgan fingerprint density at radius 3 is 2.67 bits per heavy atom. The van der Waals surface area contributed by atoms with E-state index in [4.69, 9.17) is 9.47 Å². The Balaban J connectivity index is 1.43. The van der Waals surface area contributed by atoms with Crippen molar-refractivity contribution in [3.05, 3.63) is 35.8 Å². The summed E-state index contributed by atoms with van der Waals surface area (Å²) >= 11 is 0. The predicted molar refractivity (Wildman–Crippen MR) is 99.4 cm³/mol. The van der Waals surface area contributed by atoms with E-state index in [0.717, 1.165) is 24.8 Å². The average molecular weight is 372 g/mol. The van der Waals surface area contributed by atoms with E-state index in [-0.39, 0.29) is 23.9 Å². The maximum atomic E-state index is 13.9. The summed E-state index contributed by atoms with van der Waals surface area (Å²) < 4.78 is 27.3. The van der Waals surface area contributed by atoms with Crippen LogP contribution in [0.5, 0.6) is 0 Å². The molecule has 1 aromatic heterocycles. The van der Waals surface area contributed by atoms with Crippen LogP contribution in [0.25, 0.3) is 10.9 Å². The van der Waals surface area contributed by atoms with Crippen LogP contribution in [0.2, 0.25) is 0 Å². The van der Waals surface area contributed by atoms with Crippen LogP contribution in [0.15, 0.2) is 24.4 Å². The van der Waals surface area contributed by atoms with Crippen LogP contribution in [0, 0.1) is 5.82 Å². The second-order valence-corrected chi connectivity index (χ2v) is 8.18. The highest BCUT2D eigenvalue weighted by atomic mass is 19.1. The van der Waals surface area contributed by atoms with Gasteiger partial charge in [-0.2, -0.15) is 0 Å². The lowest BCUT2D eigenvalue weighted by Gasteiger charge is -2.35. The fourth-order valence-electron chi connectivity index (χ4n) is 5.11. The monoisotopic (exact) mass is 372 g/mol. The van der Waals surface area contributed by atoms with Crippen LogP contribution >= 0.6 is 0 Å². The zero-order valence-corrected chi connectivity index (χ0v) is 15.6. The van der Waals surface area contributed by atoms with Gasteiger partial charge in [-0.05, 0) is 44.5 Å². The summed E-state index contributed by atoms with van der Waals surface area (Å²) in [6, 6.07) is 5.83. The molecule has 0 unspecified atom stereocenters. The molecule has 6 heteroatoms. The lowest BCUT2D eigenvalue weighted by molar-refractivity contribution is -0.000291. The number of fused-ring (bicyclic) bond motifs is 3. The standard InChI is InChI=1S/C21H25FN2O3/c1-23-14-3-4-15(23)10-17(9-14)27-21(25)19-11-24(16-6-7-26-12-16)20-5-2-13(22)8-18(19)20/h2,5,8,11,14-17H,3-4,6-7,9-10,12H2,1H3/t14-,15+,16-,17-/m1/s1. The average Bonchev–Trinajstić information content (AvgIpc) is 3.33. The smallest absolute Gasteiger partial charge is 0.340 e. The Morgan fingerprint density at radius 2 is 1.96 bits per heavy atom. The molecule has 3 fully saturated rings. The highest BCUT2D eigenvalue weighted by Gasteiger charge is 2.40. The van der Waals surface area contributed by atoms with E-state index in [1.807, 2.05) is 6.20 Å². The number of carbonyl (C=O) groups is 1. The maximum absolute atomic E-state index is 13.9. The van der Waals surface area contributed by atoms with E-state index in [1.165, 1.54) is 25.0 Å². The molecule has 4 atom stereocenters. The molecule has 27 heavy (non-hydrogen) atoms.